The first kappa shape index (κ1) is 10.6. The van der Waals surface area contributed by atoms with E-state index in [-0.39, 0.29) is 12.5 Å². The molecule has 6 heteroatoms. The van der Waals surface area contributed by atoms with Crippen LogP contribution in [0.3, 0.4) is 0 Å². The molecule has 0 amide bonds. The topological polar surface area (TPSA) is 88.2 Å². The largest absolute Gasteiger partial charge is 0.481 e. The fourth-order valence-corrected chi connectivity index (χ4v) is 1.07. The summed E-state index contributed by atoms with van der Waals surface area (Å²) < 4.78 is 4.55. The number of carboxylic acids is 1. The molecule has 0 saturated carbocycles. The van der Waals surface area contributed by atoms with Gasteiger partial charge in [-0.2, -0.15) is 4.98 Å². The molecule has 0 spiro atoms. The van der Waals surface area contributed by atoms with Crippen molar-refractivity contribution in [2.24, 2.45) is 0 Å². The summed E-state index contributed by atoms with van der Waals surface area (Å²) in [6.45, 7) is 2.47. The van der Waals surface area contributed by atoms with Crippen molar-refractivity contribution >= 4 is 5.97 Å². The van der Waals surface area contributed by atoms with Gasteiger partial charge in [-0.05, 0) is 6.92 Å². The van der Waals surface area contributed by atoms with Gasteiger partial charge in [0, 0.05) is 19.0 Å². The maximum absolute atomic E-state index is 10.3. The Hall–Kier alpha value is -1.43. The molecule has 0 aromatic carbocycles. The fourth-order valence-electron chi connectivity index (χ4n) is 1.07. The molecule has 0 aliphatic carbocycles. The van der Waals surface area contributed by atoms with E-state index in [1.54, 1.807) is 0 Å². The van der Waals surface area contributed by atoms with Gasteiger partial charge in [0.1, 0.15) is 0 Å². The lowest BCUT2D eigenvalue weighted by Gasteiger charge is -2.09. The molecule has 0 saturated heterocycles. The Bertz CT molecular complexity index is 273. The minimum atomic E-state index is -0.801. The van der Waals surface area contributed by atoms with Gasteiger partial charge in [-0.15, -0.1) is 0 Å². The van der Waals surface area contributed by atoms with Crippen LogP contribution in [0.25, 0.3) is 0 Å². The summed E-state index contributed by atoms with van der Waals surface area (Å²) in [4.78, 5) is 14.2. The Kier molecular flexibility index (Phi) is 4.06. The summed E-state index contributed by atoms with van der Waals surface area (Å²) in [7, 11) is 0. The molecular weight excluding hydrogens is 186 g/mol. The highest BCUT2D eigenvalue weighted by atomic mass is 16.5. The van der Waals surface area contributed by atoms with Gasteiger partial charge in [-0.25, -0.2) is 0 Å². The van der Waals surface area contributed by atoms with Crippen molar-refractivity contribution in [3.8, 4) is 0 Å². The average Bonchev–Trinajstić information content (AvgIpc) is 2.55. The smallest absolute Gasteiger partial charge is 0.304 e. The summed E-state index contributed by atoms with van der Waals surface area (Å²) >= 11 is 0. The van der Waals surface area contributed by atoms with Crippen LogP contribution in [-0.4, -0.2) is 33.8 Å². The zero-order chi connectivity index (χ0) is 10.4. The normalized spacial score (nSPS) is 12.6. The van der Waals surface area contributed by atoms with Gasteiger partial charge in [0.15, 0.2) is 5.82 Å². The lowest BCUT2D eigenvalue weighted by Crippen LogP contribution is -2.30. The number of aliphatic carboxylic acids is 1. The number of rotatable bonds is 6. The molecule has 1 heterocycles. The second kappa shape index (κ2) is 5.33. The lowest BCUT2D eigenvalue weighted by atomic mass is 10.2. The average molecular weight is 199 g/mol. The third kappa shape index (κ3) is 3.99. The Labute approximate surface area is 81.3 Å². The maximum atomic E-state index is 10.3. The highest BCUT2D eigenvalue weighted by molar-refractivity contribution is 5.67. The van der Waals surface area contributed by atoms with Crippen LogP contribution in [0, 0.1) is 0 Å². The predicted octanol–water partition coefficient (Wildman–Crippen LogP) is 0.0649. The molecular formula is C8H13N3O3. The molecule has 78 valence electrons. The monoisotopic (exact) mass is 199 g/mol. The Morgan fingerprint density at radius 3 is 3.14 bits per heavy atom. The second-order valence-electron chi connectivity index (χ2n) is 3.05. The molecule has 0 radical (unpaired) electrons. The highest BCUT2D eigenvalue weighted by Crippen LogP contribution is 1.92. The molecule has 0 fully saturated rings. The third-order valence-corrected chi connectivity index (χ3v) is 1.73. The molecule has 14 heavy (non-hydrogen) atoms. The van der Waals surface area contributed by atoms with Gasteiger partial charge in [0.2, 0.25) is 6.39 Å². The second-order valence-corrected chi connectivity index (χ2v) is 3.05. The van der Waals surface area contributed by atoms with Crippen LogP contribution >= 0.6 is 0 Å². The molecule has 1 unspecified atom stereocenters. The highest BCUT2D eigenvalue weighted by Gasteiger charge is 2.06. The summed E-state index contributed by atoms with van der Waals surface area (Å²) in [6, 6.07) is -0.0422. The van der Waals surface area contributed by atoms with E-state index in [0.717, 1.165) is 0 Å². The molecule has 2 N–H and O–H groups in total. The minimum absolute atomic E-state index is 0.0422. The van der Waals surface area contributed by atoms with Gasteiger partial charge >= 0.3 is 5.97 Å². The van der Waals surface area contributed by atoms with Crippen molar-refractivity contribution in [1.29, 1.82) is 0 Å². The summed E-state index contributed by atoms with van der Waals surface area (Å²) in [5.74, 6) is -0.176. The van der Waals surface area contributed by atoms with E-state index >= 15 is 0 Å². The molecule has 0 aliphatic heterocycles. The quantitative estimate of drug-likeness (QED) is 0.673. The number of nitrogens with zero attached hydrogens (tertiary/aromatic N) is 2. The van der Waals surface area contributed by atoms with Crippen LogP contribution in [0.1, 0.15) is 19.2 Å². The molecule has 1 atom stereocenters. The van der Waals surface area contributed by atoms with Gasteiger partial charge in [-0.1, -0.05) is 5.16 Å². The maximum Gasteiger partial charge on any atom is 0.304 e. The van der Waals surface area contributed by atoms with E-state index in [9.17, 15) is 4.79 Å². The van der Waals surface area contributed by atoms with Crippen molar-refractivity contribution < 1.29 is 14.4 Å². The van der Waals surface area contributed by atoms with E-state index in [1.165, 1.54) is 6.39 Å². The van der Waals surface area contributed by atoms with E-state index in [1.807, 2.05) is 6.92 Å². The van der Waals surface area contributed by atoms with Crippen LogP contribution < -0.4 is 5.32 Å². The lowest BCUT2D eigenvalue weighted by molar-refractivity contribution is -0.137. The van der Waals surface area contributed by atoms with Crippen LogP contribution in [0.4, 0.5) is 0 Å². The van der Waals surface area contributed by atoms with E-state index in [4.69, 9.17) is 5.11 Å². The zero-order valence-corrected chi connectivity index (χ0v) is 7.93. The van der Waals surface area contributed by atoms with Gasteiger partial charge < -0.3 is 14.9 Å². The Balaban J connectivity index is 2.12. The third-order valence-electron chi connectivity index (χ3n) is 1.73. The van der Waals surface area contributed by atoms with Crippen LogP contribution in [-0.2, 0) is 11.2 Å². The van der Waals surface area contributed by atoms with Crippen molar-refractivity contribution in [3.63, 3.8) is 0 Å². The molecule has 1 aromatic rings. The summed E-state index contributed by atoms with van der Waals surface area (Å²) in [5, 5.41) is 15.2. The van der Waals surface area contributed by atoms with Crippen molar-refractivity contribution in [3.05, 3.63) is 12.2 Å². The Morgan fingerprint density at radius 2 is 2.57 bits per heavy atom. The molecule has 0 aliphatic rings. The number of aromatic nitrogens is 2. The molecule has 6 nitrogen and oxygen atoms in total. The van der Waals surface area contributed by atoms with Crippen LogP contribution in [0.15, 0.2) is 10.9 Å². The van der Waals surface area contributed by atoms with Gasteiger partial charge in [0.05, 0.1) is 6.42 Å². The van der Waals surface area contributed by atoms with Crippen molar-refractivity contribution in [2.45, 2.75) is 25.8 Å². The van der Waals surface area contributed by atoms with E-state index < -0.39 is 5.97 Å². The first-order valence-corrected chi connectivity index (χ1v) is 4.39. The van der Waals surface area contributed by atoms with E-state index in [2.05, 4.69) is 20.0 Å². The minimum Gasteiger partial charge on any atom is -0.481 e. The standard InChI is InChI=1S/C8H13N3O3/c1-6(4-8(12)13)9-3-2-7-10-5-14-11-7/h5-6,9H,2-4H2,1H3,(H,12,13). The summed E-state index contributed by atoms with van der Waals surface area (Å²) in [6.07, 6.45) is 2.03. The molecule has 0 bridgehead atoms. The number of carboxylic acid groups (broad SMARTS) is 1. The first-order chi connectivity index (χ1) is 6.68. The number of nitrogens with one attached hydrogen (secondary N) is 1. The van der Waals surface area contributed by atoms with Crippen LogP contribution in [0.5, 0.6) is 0 Å². The fraction of sp³-hybridized carbons (Fsp3) is 0.625. The summed E-state index contributed by atoms with van der Waals surface area (Å²) in [5.41, 5.74) is 0. The molecule has 1 aromatic heterocycles. The Morgan fingerprint density at radius 1 is 1.79 bits per heavy atom. The zero-order valence-electron chi connectivity index (χ0n) is 7.93. The predicted molar refractivity (Wildman–Crippen MR) is 47.7 cm³/mol. The van der Waals surface area contributed by atoms with Crippen LogP contribution in [0.2, 0.25) is 0 Å². The molecule has 1 rings (SSSR count). The van der Waals surface area contributed by atoms with E-state index in [0.29, 0.717) is 18.8 Å². The van der Waals surface area contributed by atoms with Gasteiger partial charge in [-0.3, -0.25) is 4.79 Å². The van der Waals surface area contributed by atoms with Crippen molar-refractivity contribution in [1.82, 2.24) is 15.5 Å². The van der Waals surface area contributed by atoms with Gasteiger partial charge in [0.25, 0.3) is 0 Å². The first-order valence-electron chi connectivity index (χ1n) is 4.39. The number of carbonyl (C=O) groups is 1. The SMILES string of the molecule is CC(CC(=O)O)NCCc1ncon1. The number of hydrogen-bond donors (Lipinski definition) is 2. The number of hydrogen-bond acceptors (Lipinski definition) is 5. The van der Waals surface area contributed by atoms with Crippen molar-refractivity contribution in [2.75, 3.05) is 6.54 Å².